The van der Waals surface area contributed by atoms with Crippen LogP contribution in [0, 0.1) is 23.7 Å². The van der Waals surface area contributed by atoms with Crippen molar-refractivity contribution in [2.75, 3.05) is 16.8 Å². The second kappa shape index (κ2) is 9.28. The number of nitrogens with one attached hydrogen (secondary N) is 1. The molecule has 35 heavy (non-hydrogen) atoms. The molecule has 0 spiro atoms. The number of nitrogens with zero attached hydrogens (tertiary/aromatic N) is 1. The van der Waals surface area contributed by atoms with Crippen LogP contribution in [-0.4, -0.2) is 41.1 Å². The number of amides is 3. The highest BCUT2D eigenvalue weighted by Crippen LogP contribution is 2.59. The summed E-state index contributed by atoms with van der Waals surface area (Å²) in [5.74, 6) is -3.00. The Morgan fingerprint density at radius 2 is 1.66 bits per heavy atom. The smallest absolute Gasteiger partial charge is 0.338 e. The molecule has 1 heterocycles. The maximum atomic E-state index is 13.2. The quantitative estimate of drug-likeness (QED) is 0.357. The number of fused-ring (bicyclic) bond motifs is 5. The van der Waals surface area contributed by atoms with Gasteiger partial charge in [0.2, 0.25) is 11.8 Å². The van der Waals surface area contributed by atoms with E-state index >= 15 is 0 Å². The fourth-order valence-electron chi connectivity index (χ4n) is 5.73. The van der Waals surface area contributed by atoms with Crippen molar-refractivity contribution in [2.45, 2.75) is 30.5 Å². The molecule has 1 aliphatic heterocycles. The Bertz CT molecular complexity index is 1190. The minimum absolute atomic E-state index is 0.125. The molecule has 0 unspecified atom stereocenters. The summed E-state index contributed by atoms with van der Waals surface area (Å²) in [6.07, 6.45) is 1.43. The Morgan fingerprint density at radius 3 is 2.31 bits per heavy atom. The Balaban J connectivity index is 1.26. The Kier molecular flexibility index (Phi) is 6.32. The fraction of sp³-hybridized carbons (Fsp3) is 0.385. The maximum absolute atomic E-state index is 13.2. The Morgan fingerprint density at radius 1 is 1.00 bits per heavy atom. The van der Waals surface area contributed by atoms with Crippen molar-refractivity contribution < 1.29 is 23.9 Å². The summed E-state index contributed by atoms with van der Waals surface area (Å²) in [6, 6.07) is 13.5. The summed E-state index contributed by atoms with van der Waals surface area (Å²) in [5.41, 5.74) is 2.07. The monoisotopic (exact) mass is 514 g/mol. The molecule has 7 nitrogen and oxygen atoms in total. The predicted molar refractivity (Wildman–Crippen MR) is 132 cm³/mol. The van der Waals surface area contributed by atoms with Gasteiger partial charge in [-0.05, 0) is 54.5 Å². The van der Waals surface area contributed by atoms with Crippen LogP contribution in [0.5, 0.6) is 0 Å². The first kappa shape index (κ1) is 23.8. The number of benzene rings is 2. The molecule has 2 aliphatic carbocycles. The first-order chi connectivity index (χ1) is 16.8. The van der Waals surface area contributed by atoms with Gasteiger partial charge >= 0.3 is 5.97 Å². The number of anilines is 2. The summed E-state index contributed by atoms with van der Waals surface area (Å²) >= 11 is 12.8. The number of alkyl halides is 2. The molecule has 9 heteroatoms. The molecule has 3 fully saturated rings. The molecule has 3 aliphatic rings. The van der Waals surface area contributed by atoms with Gasteiger partial charge < -0.3 is 10.1 Å². The number of hydrogen-bond donors (Lipinski definition) is 1. The maximum Gasteiger partial charge on any atom is 0.338 e. The van der Waals surface area contributed by atoms with E-state index in [0.717, 1.165) is 16.9 Å². The van der Waals surface area contributed by atoms with Crippen molar-refractivity contribution in [3.63, 3.8) is 0 Å². The minimum Gasteiger partial charge on any atom is -0.452 e. The lowest BCUT2D eigenvalue weighted by Gasteiger charge is -2.28. The van der Waals surface area contributed by atoms with Crippen LogP contribution < -0.4 is 10.2 Å². The minimum atomic E-state index is -0.730. The molecule has 2 aromatic carbocycles. The van der Waals surface area contributed by atoms with Crippen molar-refractivity contribution in [1.29, 1.82) is 0 Å². The van der Waals surface area contributed by atoms with Gasteiger partial charge in [0, 0.05) is 5.69 Å². The molecule has 182 valence electrons. The number of rotatable bonds is 6. The highest BCUT2D eigenvalue weighted by atomic mass is 35.5. The lowest BCUT2D eigenvalue weighted by Crippen LogP contribution is -2.37. The number of carbonyl (C=O) groups is 4. The molecule has 2 saturated carbocycles. The van der Waals surface area contributed by atoms with E-state index in [2.05, 4.69) is 5.32 Å². The number of hydrogen-bond acceptors (Lipinski definition) is 5. The highest BCUT2D eigenvalue weighted by molar-refractivity contribution is 6.32. The first-order valence-corrected chi connectivity index (χ1v) is 12.5. The van der Waals surface area contributed by atoms with Gasteiger partial charge in [0.1, 0.15) is 0 Å². The fourth-order valence-corrected chi connectivity index (χ4v) is 6.62. The zero-order valence-electron chi connectivity index (χ0n) is 18.9. The Labute approximate surface area is 212 Å². The van der Waals surface area contributed by atoms with Gasteiger partial charge in [0.05, 0.1) is 33.8 Å². The normalized spacial score (nSPS) is 28.8. The summed E-state index contributed by atoms with van der Waals surface area (Å²) < 4.78 is 5.18. The molecular weight excluding hydrogens is 491 g/mol. The Hall–Kier alpha value is -2.90. The van der Waals surface area contributed by atoms with Crippen LogP contribution in [0.15, 0.2) is 48.5 Å². The second-order valence-electron chi connectivity index (χ2n) is 9.20. The standard InChI is InChI=1S/C26H24Cl2N2O5/c1-2-13-6-3-4-9-18(13)29-19(31)12-35-26(34)14-7-5-8-15(10-14)30-24(32)20-16-11-17(21(20)25(30)33)23(28)22(16)27/h3-10,16-17,20-23H,2,11-12H2,1H3,(H,29,31)/t16-,17-,20-,21-,22+,23+/m1/s1. The molecule has 6 atom stereocenters. The topological polar surface area (TPSA) is 92.8 Å². The third-order valence-electron chi connectivity index (χ3n) is 7.33. The molecule has 0 radical (unpaired) electrons. The van der Waals surface area contributed by atoms with Crippen LogP contribution in [0.25, 0.3) is 0 Å². The molecule has 1 saturated heterocycles. The average molecular weight is 515 g/mol. The SMILES string of the molecule is CCc1ccccc1NC(=O)COC(=O)c1cccc(N2C(=O)[C@@H]3[C@H]4C[C@@H]([C@H](Cl)[C@H]4Cl)[C@H]3C2=O)c1. The van der Waals surface area contributed by atoms with Crippen molar-refractivity contribution in [1.82, 2.24) is 0 Å². The van der Waals surface area contributed by atoms with E-state index < -0.39 is 30.3 Å². The summed E-state index contributed by atoms with van der Waals surface area (Å²) in [7, 11) is 0. The van der Waals surface area contributed by atoms with Crippen molar-refractivity contribution in [3.8, 4) is 0 Å². The van der Waals surface area contributed by atoms with E-state index in [0.29, 0.717) is 17.8 Å². The molecule has 0 aromatic heterocycles. The number of esters is 1. The lowest BCUT2D eigenvalue weighted by molar-refractivity contribution is -0.123. The van der Waals surface area contributed by atoms with Crippen molar-refractivity contribution >= 4 is 58.3 Å². The zero-order valence-corrected chi connectivity index (χ0v) is 20.5. The molecule has 2 aromatic rings. The van der Waals surface area contributed by atoms with Crippen LogP contribution in [-0.2, 0) is 25.5 Å². The van der Waals surface area contributed by atoms with Gasteiger partial charge in [-0.1, -0.05) is 31.2 Å². The molecular formula is C26H24Cl2N2O5. The highest BCUT2D eigenvalue weighted by Gasteiger charge is 2.66. The summed E-state index contributed by atoms with van der Waals surface area (Å²) in [4.78, 5) is 52.5. The van der Waals surface area contributed by atoms with Crippen molar-refractivity contribution in [2.24, 2.45) is 23.7 Å². The summed E-state index contributed by atoms with van der Waals surface area (Å²) in [6.45, 7) is 1.51. The predicted octanol–water partition coefficient (Wildman–Crippen LogP) is 4.01. The molecule has 2 bridgehead atoms. The lowest BCUT2D eigenvalue weighted by atomic mass is 9.80. The van der Waals surface area contributed by atoms with Gasteiger partial charge in [-0.2, -0.15) is 0 Å². The third kappa shape index (κ3) is 4.00. The van der Waals surface area contributed by atoms with Crippen LogP contribution in [0.2, 0.25) is 0 Å². The van der Waals surface area contributed by atoms with Crippen LogP contribution in [0.4, 0.5) is 11.4 Å². The molecule has 1 N–H and O–H groups in total. The number of ether oxygens (including phenoxy) is 1. The van der Waals surface area contributed by atoms with E-state index in [4.69, 9.17) is 27.9 Å². The van der Waals surface area contributed by atoms with E-state index in [1.807, 2.05) is 25.1 Å². The van der Waals surface area contributed by atoms with E-state index in [-0.39, 0.29) is 40.0 Å². The molecule has 5 rings (SSSR count). The van der Waals surface area contributed by atoms with Crippen LogP contribution >= 0.6 is 23.2 Å². The largest absolute Gasteiger partial charge is 0.452 e. The van der Waals surface area contributed by atoms with Gasteiger partial charge in [-0.3, -0.25) is 19.3 Å². The van der Waals surface area contributed by atoms with Gasteiger partial charge in [-0.15, -0.1) is 23.2 Å². The number of imide groups is 1. The average Bonchev–Trinajstić information content (AvgIpc) is 3.47. The number of para-hydroxylation sites is 1. The van der Waals surface area contributed by atoms with Gasteiger partial charge in [0.15, 0.2) is 6.61 Å². The van der Waals surface area contributed by atoms with Crippen LogP contribution in [0.1, 0.15) is 29.3 Å². The van der Waals surface area contributed by atoms with E-state index in [1.165, 1.54) is 12.1 Å². The van der Waals surface area contributed by atoms with E-state index in [1.54, 1.807) is 18.2 Å². The number of halogens is 2. The van der Waals surface area contributed by atoms with Crippen molar-refractivity contribution in [3.05, 3.63) is 59.7 Å². The van der Waals surface area contributed by atoms with Crippen LogP contribution in [0.3, 0.4) is 0 Å². The number of aryl methyl sites for hydroxylation is 1. The second-order valence-corrected chi connectivity index (χ2v) is 10.2. The van der Waals surface area contributed by atoms with Gasteiger partial charge in [-0.25, -0.2) is 4.79 Å². The summed E-state index contributed by atoms with van der Waals surface area (Å²) in [5, 5.41) is 2.07. The molecule has 3 amide bonds. The first-order valence-electron chi connectivity index (χ1n) is 11.6. The number of carbonyl (C=O) groups excluding carboxylic acids is 4. The van der Waals surface area contributed by atoms with Gasteiger partial charge in [0.25, 0.3) is 5.91 Å². The van der Waals surface area contributed by atoms with E-state index in [9.17, 15) is 19.2 Å². The third-order valence-corrected chi connectivity index (χ3v) is 8.65. The zero-order chi connectivity index (χ0) is 24.9.